The molecule has 6 heteroatoms. The Kier molecular flexibility index (Phi) is 2.18. The minimum atomic E-state index is -0.434. The number of carbonyl (C=O) groups excluding carboxylic acids is 1. The second-order valence-electron chi connectivity index (χ2n) is 2.39. The Morgan fingerprint density at radius 2 is 2.14 bits per heavy atom. The fraction of sp³-hybridized carbons (Fsp3) is 0. The predicted molar refractivity (Wildman–Crippen MR) is 46.8 cm³/mol. The van der Waals surface area contributed by atoms with Gasteiger partial charge in [0.05, 0.1) is 0 Å². The Balaban J connectivity index is 2.22. The summed E-state index contributed by atoms with van der Waals surface area (Å²) in [7, 11) is 0. The lowest BCUT2D eigenvalue weighted by atomic mass is 10.2. The monoisotopic (exact) mass is 186 g/mol. The first-order chi connectivity index (χ1) is 6.86. The molecule has 1 aliphatic rings. The van der Waals surface area contributed by atoms with Gasteiger partial charge in [0, 0.05) is 5.56 Å². The molecule has 0 spiro atoms. The zero-order valence-electron chi connectivity index (χ0n) is 6.95. The fourth-order valence-electron chi connectivity index (χ4n) is 0.866. The van der Waals surface area contributed by atoms with E-state index in [4.69, 9.17) is 0 Å². The molecule has 1 aromatic rings. The van der Waals surface area contributed by atoms with Crippen molar-refractivity contribution in [1.29, 1.82) is 0 Å². The molecule has 0 fully saturated rings. The van der Waals surface area contributed by atoms with Crippen molar-refractivity contribution in [3.05, 3.63) is 35.9 Å². The highest BCUT2D eigenvalue weighted by atomic mass is 16.1. The molecular formula is C8H4N5O. The van der Waals surface area contributed by atoms with Crippen molar-refractivity contribution in [1.82, 2.24) is 0 Å². The molecule has 0 saturated heterocycles. The van der Waals surface area contributed by atoms with E-state index in [1.165, 1.54) is 6.07 Å². The van der Waals surface area contributed by atoms with Crippen molar-refractivity contribution in [2.24, 2.45) is 25.7 Å². The Hall–Kier alpha value is -2.24. The number of aliphatic imine (C=N–C) groups is 1. The molecule has 0 bridgehead atoms. The van der Waals surface area contributed by atoms with E-state index in [1.54, 1.807) is 18.2 Å². The summed E-state index contributed by atoms with van der Waals surface area (Å²) in [5.41, 5.74) is 0.428. The third-order valence-corrected chi connectivity index (χ3v) is 1.46. The number of hydrogen-bond donors (Lipinski definition) is 0. The van der Waals surface area contributed by atoms with E-state index in [-0.39, 0.29) is 5.96 Å². The molecular weight excluding hydrogens is 182 g/mol. The third kappa shape index (κ3) is 1.74. The maximum Gasteiger partial charge on any atom is 0.294 e. The van der Waals surface area contributed by atoms with Gasteiger partial charge in [0.1, 0.15) is 0 Å². The van der Waals surface area contributed by atoms with Crippen LogP contribution < -0.4 is 0 Å². The first kappa shape index (κ1) is 8.36. The lowest BCUT2D eigenvalue weighted by Gasteiger charge is -1.91. The third-order valence-electron chi connectivity index (χ3n) is 1.46. The van der Waals surface area contributed by atoms with Crippen molar-refractivity contribution >= 4 is 11.9 Å². The van der Waals surface area contributed by atoms with Crippen molar-refractivity contribution in [3.8, 4) is 0 Å². The van der Waals surface area contributed by atoms with E-state index < -0.39 is 5.91 Å². The maximum atomic E-state index is 11.4. The molecule has 0 saturated carbocycles. The van der Waals surface area contributed by atoms with Crippen molar-refractivity contribution in [2.75, 3.05) is 0 Å². The molecule has 0 aliphatic carbocycles. The van der Waals surface area contributed by atoms with Gasteiger partial charge in [-0.1, -0.05) is 22.4 Å². The molecule has 1 amide bonds. The van der Waals surface area contributed by atoms with Gasteiger partial charge in [0.15, 0.2) is 0 Å². The van der Waals surface area contributed by atoms with Gasteiger partial charge in [-0.2, -0.15) is 4.99 Å². The van der Waals surface area contributed by atoms with Gasteiger partial charge < -0.3 is 0 Å². The molecule has 14 heavy (non-hydrogen) atoms. The molecule has 0 N–H and O–H groups in total. The Morgan fingerprint density at radius 3 is 2.79 bits per heavy atom. The molecule has 67 valence electrons. The summed E-state index contributed by atoms with van der Waals surface area (Å²) in [6.45, 7) is 0. The fourth-order valence-corrected chi connectivity index (χ4v) is 0.866. The first-order valence-corrected chi connectivity index (χ1v) is 3.77. The summed E-state index contributed by atoms with van der Waals surface area (Å²) in [5, 5.41) is 13.2. The Morgan fingerprint density at radius 1 is 1.36 bits per heavy atom. The molecule has 0 atom stereocenters. The summed E-state index contributed by atoms with van der Waals surface area (Å²) >= 11 is 0. The number of carbonyl (C=O) groups is 1. The van der Waals surface area contributed by atoms with Gasteiger partial charge in [-0.15, -0.1) is 0 Å². The number of rotatable bonds is 1. The second kappa shape index (κ2) is 3.65. The normalized spacial score (nSPS) is 13.3. The highest BCUT2D eigenvalue weighted by Gasteiger charge is 2.07. The van der Waals surface area contributed by atoms with Crippen LogP contribution in [-0.2, 0) is 0 Å². The van der Waals surface area contributed by atoms with Crippen molar-refractivity contribution in [3.63, 3.8) is 0 Å². The molecule has 0 aromatic heterocycles. The summed E-state index contributed by atoms with van der Waals surface area (Å²) < 4.78 is 0. The van der Waals surface area contributed by atoms with E-state index in [9.17, 15) is 4.79 Å². The van der Waals surface area contributed by atoms with Crippen LogP contribution in [0.5, 0.6) is 0 Å². The largest absolute Gasteiger partial charge is 0.294 e. The molecule has 2 rings (SSSR count). The van der Waals surface area contributed by atoms with E-state index in [2.05, 4.69) is 31.7 Å². The van der Waals surface area contributed by atoms with Crippen LogP contribution in [0.25, 0.3) is 0 Å². The summed E-state index contributed by atoms with van der Waals surface area (Å²) in [6.07, 6.45) is 0. The second-order valence-corrected chi connectivity index (χ2v) is 2.39. The van der Waals surface area contributed by atoms with Crippen LogP contribution in [0, 0.1) is 6.07 Å². The number of benzene rings is 1. The number of guanidine groups is 1. The standard InChI is InChI=1S/C8H4N5O/c14-7(6-4-2-1-3-5-6)9-8-10-12-13-11-8/h1-2,4-5H. The van der Waals surface area contributed by atoms with Gasteiger partial charge in [-0.05, 0) is 28.6 Å². The zero-order chi connectivity index (χ0) is 9.80. The van der Waals surface area contributed by atoms with Gasteiger partial charge >= 0.3 is 0 Å². The van der Waals surface area contributed by atoms with Crippen LogP contribution in [0.2, 0.25) is 0 Å². The minimum absolute atomic E-state index is 0.0288. The minimum Gasteiger partial charge on any atom is -0.267 e. The topological polar surface area (TPSA) is 78.9 Å². The average Bonchev–Trinajstić information content (AvgIpc) is 2.72. The Labute approximate surface area is 79.1 Å². The van der Waals surface area contributed by atoms with Crippen LogP contribution in [0.3, 0.4) is 0 Å². The average molecular weight is 186 g/mol. The van der Waals surface area contributed by atoms with E-state index in [0.29, 0.717) is 5.56 Å². The van der Waals surface area contributed by atoms with Gasteiger partial charge in [0.2, 0.25) is 0 Å². The highest BCUT2D eigenvalue weighted by molar-refractivity contribution is 6.02. The van der Waals surface area contributed by atoms with Gasteiger partial charge in [-0.25, -0.2) is 0 Å². The Bertz CT molecular complexity index is 420. The molecule has 1 radical (unpaired) electrons. The first-order valence-electron chi connectivity index (χ1n) is 3.77. The summed E-state index contributed by atoms with van der Waals surface area (Å²) in [5.74, 6) is -0.462. The van der Waals surface area contributed by atoms with Crippen molar-refractivity contribution < 1.29 is 4.79 Å². The SMILES string of the molecule is O=C(N=C1N=NN=N1)c1c[c]ccc1. The quantitative estimate of drug-likeness (QED) is 0.658. The van der Waals surface area contributed by atoms with Crippen LogP contribution in [0.1, 0.15) is 10.4 Å². The molecule has 1 heterocycles. The maximum absolute atomic E-state index is 11.4. The molecule has 1 aromatic carbocycles. The van der Waals surface area contributed by atoms with Crippen LogP contribution in [0.4, 0.5) is 0 Å². The number of hydrogen-bond acceptors (Lipinski definition) is 3. The van der Waals surface area contributed by atoms with Crippen LogP contribution >= 0.6 is 0 Å². The number of nitrogens with zero attached hydrogens (tertiary/aromatic N) is 5. The molecule has 6 nitrogen and oxygen atoms in total. The van der Waals surface area contributed by atoms with E-state index >= 15 is 0 Å². The summed E-state index contributed by atoms with van der Waals surface area (Å²) in [6, 6.07) is 9.33. The molecule has 1 aliphatic heterocycles. The van der Waals surface area contributed by atoms with Crippen LogP contribution in [-0.4, -0.2) is 11.9 Å². The zero-order valence-corrected chi connectivity index (χ0v) is 6.95. The predicted octanol–water partition coefficient (Wildman–Crippen LogP) is 1.82. The smallest absolute Gasteiger partial charge is 0.267 e. The van der Waals surface area contributed by atoms with Gasteiger partial charge in [0.25, 0.3) is 11.9 Å². The highest BCUT2D eigenvalue weighted by Crippen LogP contribution is 2.03. The molecule has 0 unspecified atom stereocenters. The van der Waals surface area contributed by atoms with Crippen molar-refractivity contribution in [2.45, 2.75) is 0 Å². The summed E-state index contributed by atoms with van der Waals surface area (Å²) in [4.78, 5) is 15.0. The number of amides is 1. The van der Waals surface area contributed by atoms with E-state index in [1.807, 2.05) is 0 Å². The lowest BCUT2D eigenvalue weighted by Crippen LogP contribution is -1.97. The van der Waals surface area contributed by atoms with Crippen LogP contribution in [0.15, 0.2) is 49.9 Å². The van der Waals surface area contributed by atoms with Gasteiger partial charge in [-0.3, -0.25) is 4.79 Å². The lowest BCUT2D eigenvalue weighted by molar-refractivity contribution is 0.100. The van der Waals surface area contributed by atoms with E-state index in [0.717, 1.165) is 0 Å².